The highest BCUT2D eigenvalue weighted by Crippen LogP contribution is 2.33. The molecule has 1 aromatic carbocycles. The lowest BCUT2D eigenvalue weighted by Crippen LogP contribution is -1.94. The van der Waals surface area contributed by atoms with Gasteiger partial charge in [-0.05, 0) is 43.7 Å². The molecule has 90 valence electrons. The van der Waals surface area contributed by atoms with Gasteiger partial charge in [0.15, 0.2) is 0 Å². The number of fused-ring (bicyclic) bond motifs is 1. The fraction of sp³-hybridized carbons (Fsp3) is 0.133. The molecule has 3 rings (SSSR count). The molecule has 0 unspecified atom stereocenters. The maximum Gasteiger partial charge on any atom is 0.139 e. The van der Waals surface area contributed by atoms with Crippen molar-refractivity contribution in [1.82, 2.24) is 4.98 Å². The van der Waals surface area contributed by atoms with Gasteiger partial charge in [-0.25, -0.2) is 4.98 Å². The predicted molar refractivity (Wildman–Crippen MR) is 73.3 cm³/mol. The molecule has 0 spiro atoms. The van der Waals surface area contributed by atoms with E-state index in [1.54, 1.807) is 6.20 Å². The fourth-order valence-corrected chi connectivity index (χ4v) is 2.19. The zero-order valence-electron chi connectivity index (χ0n) is 10.4. The highest BCUT2D eigenvalue weighted by Gasteiger charge is 2.12. The zero-order chi connectivity index (χ0) is 12.7. The van der Waals surface area contributed by atoms with Crippen LogP contribution < -0.4 is 5.73 Å². The molecule has 2 aromatic heterocycles. The summed E-state index contributed by atoms with van der Waals surface area (Å²) in [5, 5.41) is 1.09. The highest BCUT2D eigenvalue weighted by atomic mass is 16.3. The third-order valence-corrected chi connectivity index (χ3v) is 3.11. The molecule has 3 heteroatoms. The van der Waals surface area contributed by atoms with Crippen LogP contribution in [0, 0.1) is 13.8 Å². The maximum atomic E-state index is 5.93. The van der Waals surface area contributed by atoms with Crippen LogP contribution in [0.1, 0.15) is 11.1 Å². The second kappa shape index (κ2) is 3.88. The Morgan fingerprint density at radius 2 is 1.94 bits per heavy atom. The van der Waals surface area contributed by atoms with E-state index >= 15 is 0 Å². The monoisotopic (exact) mass is 238 g/mol. The molecule has 18 heavy (non-hydrogen) atoms. The van der Waals surface area contributed by atoms with Gasteiger partial charge in [-0.1, -0.05) is 11.6 Å². The molecule has 3 nitrogen and oxygen atoms in total. The van der Waals surface area contributed by atoms with Gasteiger partial charge in [-0.2, -0.15) is 0 Å². The number of pyridine rings is 1. The number of rotatable bonds is 1. The maximum absolute atomic E-state index is 5.93. The van der Waals surface area contributed by atoms with Crippen LogP contribution in [0.25, 0.3) is 22.3 Å². The van der Waals surface area contributed by atoms with E-state index in [1.165, 1.54) is 5.56 Å². The van der Waals surface area contributed by atoms with Crippen molar-refractivity contribution >= 4 is 16.8 Å². The molecule has 0 fully saturated rings. The Hall–Kier alpha value is -2.29. The van der Waals surface area contributed by atoms with E-state index in [0.29, 0.717) is 5.82 Å². The molecular weight excluding hydrogens is 224 g/mol. The van der Waals surface area contributed by atoms with Crippen molar-refractivity contribution in [2.24, 2.45) is 0 Å². The van der Waals surface area contributed by atoms with Crippen molar-refractivity contribution in [2.45, 2.75) is 13.8 Å². The zero-order valence-corrected chi connectivity index (χ0v) is 10.4. The molecule has 0 atom stereocenters. The summed E-state index contributed by atoms with van der Waals surface area (Å²) in [4.78, 5) is 4.12. The van der Waals surface area contributed by atoms with Crippen molar-refractivity contribution in [3.63, 3.8) is 0 Å². The van der Waals surface area contributed by atoms with Crippen LogP contribution in [0.15, 0.2) is 40.9 Å². The van der Waals surface area contributed by atoms with Gasteiger partial charge in [0.2, 0.25) is 0 Å². The van der Waals surface area contributed by atoms with Crippen molar-refractivity contribution in [3.05, 3.63) is 47.7 Å². The van der Waals surface area contributed by atoms with Crippen LogP contribution in [-0.4, -0.2) is 4.98 Å². The summed E-state index contributed by atoms with van der Waals surface area (Å²) in [5.41, 5.74) is 9.97. The normalized spacial score (nSPS) is 11.0. The van der Waals surface area contributed by atoms with Crippen molar-refractivity contribution in [2.75, 3.05) is 5.73 Å². The number of nitrogen functional groups attached to an aromatic ring is 1. The summed E-state index contributed by atoms with van der Waals surface area (Å²) >= 11 is 0. The molecule has 0 aliphatic rings. The van der Waals surface area contributed by atoms with Crippen LogP contribution in [0.3, 0.4) is 0 Å². The Labute approximate surface area is 105 Å². The van der Waals surface area contributed by atoms with Crippen molar-refractivity contribution < 1.29 is 4.42 Å². The van der Waals surface area contributed by atoms with Crippen LogP contribution >= 0.6 is 0 Å². The molecule has 0 bridgehead atoms. The van der Waals surface area contributed by atoms with Crippen molar-refractivity contribution in [1.29, 1.82) is 0 Å². The molecular formula is C15H14N2O. The average molecular weight is 238 g/mol. The molecule has 0 aliphatic carbocycles. The van der Waals surface area contributed by atoms with Gasteiger partial charge in [0.25, 0.3) is 0 Å². The summed E-state index contributed by atoms with van der Waals surface area (Å²) in [6.07, 6.45) is 1.71. The van der Waals surface area contributed by atoms with E-state index < -0.39 is 0 Å². The lowest BCUT2D eigenvalue weighted by molar-refractivity contribution is 0.631. The minimum atomic E-state index is 0.505. The van der Waals surface area contributed by atoms with Gasteiger partial charge in [0.05, 0.1) is 5.56 Å². The molecule has 3 aromatic rings. The van der Waals surface area contributed by atoms with Gasteiger partial charge < -0.3 is 10.2 Å². The molecule has 0 radical (unpaired) electrons. The topological polar surface area (TPSA) is 52.0 Å². The SMILES string of the molecule is Cc1ccc2oc(-c3c(C)ccnc3N)cc2c1. The largest absolute Gasteiger partial charge is 0.456 e. The van der Waals surface area contributed by atoms with Crippen LogP contribution in [0.5, 0.6) is 0 Å². The van der Waals surface area contributed by atoms with Gasteiger partial charge in [-0.15, -0.1) is 0 Å². The molecule has 2 heterocycles. The Kier molecular flexibility index (Phi) is 2.33. The van der Waals surface area contributed by atoms with Crippen molar-refractivity contribution in [3.8, 4) is 11.3 Å². The Morgan fingerprint density at radius 3 is 2.72 bits per heavy atom. The minimum absolute atomic E-state index is 0.505. The Balaban J connectivity index is 2.26. The highest BCUT2D eigenvalue weighted by molar-refractivity contribution is 5.86. The average Bonchev–Trinajstić information content (AvgIpc) is 2.71. The standard InChI is InChI=1S/C15H14N2O/c1-9-3-4-12-11(7-9)8-13(18-12)14-10(2)5-6-17-15(14)16/h3-8H,1-2H3,(H2,16,17). The van der Waals surface area contributed by atoms with Crippen LogP contribution in [0.4, 0.5) is 5.82 Å². The number of aromatic nitrogens is 1. The molecule has 2 N–H and O–H groups in total. The number of hydrogen-bond donors (Lipinski definition) is 1. The summed E-state index contributed by atoms with van der Waals surface area (Å²) in [6.45, 7) is 4.07. The quantitative estimate of drug-likeness (QED) is 0.703. The van der Waals surface area contributed by atoms with E-state index in [9.17, 15) is 0 Å². The van der Waals surface area contributed by atoms with Gasteiger partial charge >= 0.3 is 0 Å². The van der Waals surface area contributed by atoms with Crippen LogP contribution in [-0.2, 0) is 0 Å². The number of anilines is 1. The second-order valence-electron chi connectivity index (χ2n) is 4.54. The minimum Gasteiger partial charge on any atom is -0.456 e. The van der Waals surface area contributed by atoms with Gasteiger partial charge in [-0.3, -0.25) is 0 Å². The molecule has 0 saturated carbocycles. The Bertz CT molecular complexity index is 708. The van der Waals surface area contributed by atoms with Gasteiger partial charge in [0, 0.05) is 11.6 Å². The number of benzene rings is 1. The number of aryl methyl sites for hydroxylation is 2. The van der Waals surface area contributed by atoms with E-state index in [1.807, 2.05) is 31.2 Å². The lowest BCUT2D eigenvalue weighted by atomic mass is 10.1. The second-order valence-corrected chi connectivity index (χ2v) is 4.54. The third-order valence-electron chi connectivity index (χ3n) is 3.11. The summed E-state index contributed by atoms with van der Waals surface area (Å²) in [6, 6.07) is 10.1. The number of hydrogen-bond acceptors (Lipinski definition) is 3. The predicted octanol–water partition coefficient (Wildman–Crippen LogP) is 3.69. The number of furan rings is 1. The van der Waals surface area contributed by atoms with Gasteiger partial charge in [0.1, 0.15) is 17.2 Å². The summed E-state index contributed by atoms with van der Waals surface area (Å²) in [7, 11) is 0. The van der Waals surface area contributed by atoms with E-state index in [-0.39, 0.29) is 0 Å². The first-order valence-electron chi connectivity index (χ1n) is 5.87. The van der Waals surface area contributed by atoms with Crippen LogP contribution in [0.2, 0.25) is 0 Å². The third kappa shape index (κ3) is 1.64. The smallest absolute Gasteiger partial charge is 0.139 e. The Morgan fingerprint density at radius 1 is 1.11 bits per heavy atom. The molecule has 0 amide bonds. The first-order valence-corrected chi connectivity index (χ1v) is 5.87. The molecule has 0 saturated heterocycles. The first-order chi connectivity index (χ1) is 8.65. The van der Waals surface area contributed by atoms with E-state index in [0.717, 1.165) is 27.9 Å². The number of nitrogens with two attached hydrogens (primary N) is 1. The first kappa shape index (κ1) is 10.8. The fourth-order valence-electron chi connectivity index (χ4n) is 2.19. The lowest BCUT2D eigenvalue weighted by Gasteiger charge is -2.04. The summed E-state index contributed by atoms with van der Waals surface area (Å²) in [5.74, 6) is 1.28. The van der Waals surface area contributed by atoms with E-state index in [2.05, 4.69) is 18.0 Å². The molecule has 0 aliphatic heterocycles. The summed E-state index contributed by atoms with van der Waals surface area (Å²) < 4.78 is 5.85. The van der Waals surface area contributed by atoms with E-state index in [4.69, 9.17) is 10.2 Å². The number of nitrogens with zero attached hydrogens (tertiary/aromatic N) is 1.